The summed E-state index contributed by atoms with van der Waals surface area (Å²) in [5, 5.41) is 9.05. The van der Waals surface area contributed by atoms with Crippen LogP contribution < -0.4 is 0 Å². The second kappa shape index (κ2) is 3.96. The zero-order valence-electron chi connectivity index (χ0n) is 8.32. The molecule has 0 atom stereocenters. The molecule has 0 aliphatic carbocycles. The van der Waals surface area contributed by atoms with Gasteiger partial charge in [-0.25, -0.2) is 9.78 Å². The van der Waals surface area contributed by atoms with Gasteiger partial charge in [0.2, 0.25) is 0 Å². The predicted molar refractivity (Wildman–Crippen MR) is 62.1 cm³/mol. The predicted octanol–water partition coefficient (Wildman–Crippen LogP) is 2.75. The molecule has 1 heterocycles. The summed E-state index contributed by atoms with van der Waals surface area (Å²) in [6.07, 6.45) is 0. The van der Waals surface area contributed by atoms with Gasteiger partial charge in [0.05, 0.1) is 16.6 Å². The molecule has 4 nitrogen and oxygen atoms in total. The second-order valence-electron chi connectivity index (χ2n) is 3.31. The number of carboxylic acid groups (broad SMARTS) is 1. The number of fused-ring (bicyclic) bond motifs is 1. The quantitative estimate of drug-likeness (QED) is 0.843. The number of hydrogen-bond donors (Lipinski definition) is 1. The number of benzene rings is 1. The summed E-state index contributed by atoms with van der Waals surface area (Å²) in [7, 11) is 1.69. The lowest BCUT2D eigenvalue weighted by Gasteiger charge is -2.03. The number of imidazole rings is 1. The molecule has 1 N–H and O–H groups in total. The number of hydrogen-bond acceptors (Lipinski definition) is 2. The molecule has 0 aliphatic heterocycles. The van der Waals surface area contributed by atoms with Gasteiger partial charge < -0.3 is 9.67 Å². The third-order valence-corrected chi connectivity index (χ3v) is 2.74. The van der Waals surface area contributed by atoms with Gasteiger partial charge in [0.1, 0.15) is 5.82 Å². The molecule has 0 unspecified atom stereocenters. The fourth-order valence-electron chi connectivity index (χ4n) is 1.65. The number of carboxylic acids is 1. The highest BCUT2D eigenvalue weighted by Crippen LogP contribution is 2.28. The summed E-state index contributed by atoms with van der Waals surface area (Å²) in [5.41, 5.74) is 1.28. The Kier molecular flexibility index (Phi) is 2.78. The van der Waals surface area contributed by atoms with Gasteiger partial charge in [0.25, 0.3) is 0 Å². The number of para-hydroxylation sites is 1. The first kappa shape index (κ1) is 11.2. The van der Waals surface area contributed by atoms with Crippen LogP contribution in [0.1, 0.15) is 21.0 Å². The van der Waals surface area contributed by atoms with Crippen molar-refractivity contribution in [3.63, 3.8) is 0 Å². The molecule has 0 saturated carbocycles. The van der Waals surface area contributed by atoms with Crippen LogP contribution in [0.3, 0.4) is 0 Å². The molecule has 0 radical (unpaired) electrons. The third-order valence-electron chi connectivity index (χ3n) is 2.35. The summed E-state index contributed by atoms with van der Waals surface area (Å²) in [4.78, 5) is 14.5. The van der Waals surface area contributed by atoms with E-state index in [4.69, 9.17) is 28.3 Å². The van der Waals surface area contributed by atoms with Gasteiger partial charge in [-0.3, -0.25) is 0 Å². The minimum atomic E-state index is -0.999. The van der Waals surface area contributed by atoms with Crippen molar-refractivity contribution in [1.29, 1.82) is 0 Å². The van der Waals surface area contributed by atoms with Crippen molar-refractivity contribution in [2.75, 3.05) is 0 Å². The monoisotopic (exact) mass is 258 g/mol. The van der Waals surface area contributed by atoms with Crippen molar-refractivity contribution in [3.05, 3.63) is 29.6 Å². The van der Waals surface area contributed by atoms with Gasteiger partial charge in [-0.15, -0.1) is 0 Å². The lowest BCUT2D eigenvalue weighted by Crippen LogP contribution is -2.02. The number of aryl methyl sites for hydroxylation is 1. The minimum Gasteiger partial charge on any atom is -0.478 e. The molecule has 2 rings (SSSR count). The number of alkyl halides is 2. The van der Waals surface area contributed by atoms with Gasteiger partial charge in [-0.2, -0.15) is 0 Å². The summed E-state index contributed by atoms with van der Waals surface area (Å²) in [5.74, 6) is -0.562. The van der Waals surface area contributed by atoms with Crippen molar-refractivity contribution < 1.29 is 9.90 Å². The van der Waals surface area contributed by atoms with E-state index in [0.29, 0.717) is 16.9 Å². The number of nitrogens with zero attached hydrogens (tertiary/aromatic N) is 2. The van der Waals surface area contributed by atoms with Gasteiger partial charge in [0.15, 0.2) is 4.84 Å². The minimum absolute atomic E-state index is 0.188. The van der Waals surface area contributed by atoms with E-state index in [0.717, 1.165) is 0 Å². The van der Waals surface area contributed by atoms with Crippen LogP contribution >= 0.6 is 23.2 Å². The molecule has 1 aromatic carbocycles. The molecule has 2 aromatic rings. The summed E-state index contributed by atoms with van der Waals surface area (Å²) in [6, 6.07) is 4.88. The third kappa shape index (κ3) is 1.64. The zero-order valence-corrected chi connectivity index (χ0v) is 9.83. The van der Waals surface area contributed by atoms with Gasteiger partial charge >= 0.3 is 5.97 Å². The summed E-state index contributed by atoms with van der Waals surface area (Å²) >= 11 is 11.5. The van der Waals surface area contributed by atoms with E-state index < -0.39 is 10.8 Å². The van der Waals surface area contributed by atoms with E-state index >= 15 is 0 Å². The fraction of sp³-hybridized carbons (Fsp3) is 0.200. The van der Waals surface area contributed by atoms with Gasteiger partial charge in [0, 0.05) is 7.05 Å². The zero-order chi connectivity index (χ0) is 11.9. The lowest BCUT2D eigenvalue weighted by molar-refractivity contribution is 0.0698. The number of rotatable bonds is 2. The maximum absolute atomic E-state index is 11.0. The van der Waals surface area contributed by atoms with Crippen molar-refractivity contribution >= 4 is 40.2 Å². The van der Waals surface area contributed by atoms with Crippen molar-refractivity contribution in [2.45, 2.75) is 4.84 Å². The molecule has 0 aliphatic rings. The van der Waals surface area contributed by atoms with Crippen LogP contribution in [0.5, 0.6) is 0 Å². The Hall–Kier alpha value is -1.26. The number of aromatic nitrogens is 2. The van der Waals surface area contributed by atoms with Crippen LogP contribution in [-0.4, -0.2) is 20.6 Å². The SMILES string of the molecule is Cn1c(C(Cl)Cl)nc2cccc(C(=O)O)c21. The highest BCUT2D eigenvalue weighted by atomic mass is 35.5. The first-order valence-corrected chi connectivity index (χ1v) is 5.36. The Morgan fingerprint density at radius 1 is 1.50 bits per heavy atom. The Morgan fingerprint density at radius 3 is 2.75 bits per heavy atom. The average Bonchev–Trinajstić information content (AvgIpc) is 2.56. The number of aromatic carboxylic acids is 1. The van der Waals surface area contributed by atoms with Crippen molar-refractivity contribution in [2.24, 2.45) is 7.05 Å². The maximum atomic E-state index is 11.0. The van der Waals surface area contributed by atoms with Crippen LogP contribution in [-0.2, 0) is 7.05 Å². The molecule has 0 spiro atoms. The highest BCUT2D eigenvalue weighted by molar-refractivity contribution is 6.43. The lowest BCUT2D eigenvalue weighted by atomic mass is 10.2. The van der Waals surface area contributed by atoms with Crippen molar-refractivity contribution in [3.8, 4) is 0 Å². The number of carbonyl (C=O) groups is 1. The second-order valence-corrected chi connectivity index (χ2v) is 4.40. The summed E-state index contributed by atoms with van der Waals surface area (Å²) in [6.45, 7) is 0. The van der Waals surface area contributed by atoms with Crippen LogP contribution in [0.25, 0.3) is 11.0 Å². The molecule has 0 amide bonds. The Labute approximate surface area is 101 Å². The van der Waals surface area contributed by atoms with Crippen LogP contribution in [0.2, 0.25) is 0 Å². The molecule has 6 heteroatoms. The molecule has 1 aromatic heterocycles. The molecule has 16 heavy (non-hydrogen) atoms. The Morgan fingerprint density at radius 2 is 2.19 bits per heavy atom. The highest BCUT2D eigenvalue weighted by Gasteiger charge is 2.18. The molecular weight excluding hydrogens is 251 g/mol. The number of halogens is 2. The molecule has 0 fully saturated rings. The Balaban J connectivity index is 2.82. The van der Waals surface area contributed by atoms with Crippen molar-refractivity contribution in [1.82, 2.24) is 9.55 Å². The first-order chi connectivity index (χ1) is 7.52. The molecule has 0 bridgehead atoms. The van der Waals surface area contributed by atoms with Crippen LogP contribution in [0, 0.1) is 0 Å². The van der Waals surface area contributed by atoms with E-state index in [9.17, 15) is 4.79 Å². The van der Waals surface area contributed by atoms with E-state index in [2.05, 4.69) is 4.98 Å². The maximum Gasteiger partial charge on any atom is 0.337 e. The van der Waals surface area contributed by atoms with Gasteiger partial charge in [-0.05, 0) is 12.1 Å². The summed E-state index contributed by atoms with van der Waals surface area (Å²) < 4.78 is 1.60. The topological polar surface area (TPSA) is 55.1 Å². The fourth-order valence-corrected chi connectivity index (χ4v) is 2.05. The largest absolute Gasteiger partial charge is 0.478 e. The molecule has 0 saturated heterocycles. The normalized spacial score (nSPS) is 11.2. The molecule has 84 valence electrons. The van der Waals surface area contributed by atoms with E-state index in [1.165, 1.54) is 6.07 Å². The molecular formula is C10H8Cl2N2O2. The first-order valence-electron chi connectivity index (χ1n) is 4.49. The van der Waals surface area contributed by atoms with E-state index in [-0.39, 0.29) is 5.56 Å². The standard InChI is InChI=1S/C10H8Cl2N2O2/c1-14-7-5(10(15)16)3-2-4-6(7)13-9(14)8(11)12/h2-4,8H,1H3,(H,15,16). The Bertz CT molecular complexity index is 563. The van der Waals surface area contributed by atoms with Crippen LogP contribution in [0.15, 0.2) is 18.2 Å². The van der Waals surface area contributed by atoms with Gasteiger partial charge in [-0.1, -0.05) is 29.3 Å². The smallest absolute Gasteiger partial charge is 0.337 e. The van der Waals surface area contributed by atoms with E-state index in [1.54, 1.807) is 23.7 Å². The average molecular weight is 259 g/mol. The van der Waals surface area contributed by atoms with E-state index in [1.807, 2.05) is 0 Å². The van der Waals surface area contributed by atoms with Crippen LogP contribution in [0.4, 0.5) is 0 Å².